The van der Waals surface area contributed by atoms with Gasteiger partial charge in [-0.3, -0.25) is 4.90 Å². The van der Waals surface area contributed by atoms with Crippen molar-refractivity contribution < 1.29 is 14.3 Å². The lowest BCUT2D eigenvalue weighted by molar-refractivity contribution is 0.0326. The maximum absolute atomic E-state index is 11.4. The van der Waals surface area contributed by atoms with Gasteiger partial charge in [-0.1, -0.05) is 0 Å². The molecule has 6 heteroatoms. The minimum atomic E-state index is -0.353. The summed E-state index contributed by atoms with van der Waals surface area (Å²) in [5.74, 6) is 0.514. The van der Waals surface area contributed by atoms with Gasteiger partial charge in [0, 0.05) is 20.1 Å². The first-order valence-electron chi connectivity index (χ1n) is 5.61. The molecule has 1 saturated heterocycles. The van der Waals surface area contributed by atoms with Crippen LogP contribution in [0.2, 0.25) is 0 Å². The highest BCUT2D eigenvalue weighted by Gasteiger charge is 2.17. The van der Waals surface area contributed by atoms with Crippen LogP contribution in [0.3, 0.4) is 0 Å². The average Bonchev–Trinajstić information content (AvgIpc) is 2.72. The third-order valence-corrected chi connectivity index (χ3v) is 2.95. The smallest absolute Gasteiger partial charge is 0.356 e. The Labute approximate surface area is 100 Å². The number of rotatable bonds is 3. The summed E-state index contributed by atoms with van der Waals surface area (Å²) in [5, 5.41) is 0. The van der Waals surface area contributed by atoms with E-state index in [1.807, 2.05) is 7.05 Å². The first-order chi connectivity index (χ1) is 8.22. The predicted octanol–water partition coefficient (Wildman–Crippen LogP) is 0.0389. The number of hydrogen-bond donors (Lipinski definition) is 0. The Balaban J connectivity index is 2.06. The monoisotopic (exact) mass is 239 g/mol. The second-order valence-corrected chi connectivity index (χ2v) is 4.00. The van der Waals surface area contributed by atoms with Crippen LogP contribution in [-0.2, 0) is 23.1 Å². The SMILES string of the molecule is COC(=O)c1cnc(CN2CCOCC2)n1C. The molecule has 1 aliphatic heterocycles. The number of carbonyl (C=O) groups is 1. The summed E-state index contributed by atoms with van der Waals surface area (Å²) in [6.45, 7) is 4.06. The molecule has 0 atom stereocenters. The lowest BCUT2D eigenvalue weighted by Crippen LogP contribution is -2.36. The van der Waals surface area contributed by atoms with Crippen molar-refractivity contribution >= 4 is 5.97 Å². The summed E-state index contributed by atoms with van der Waals surface area (Å²) in [4.78, 5) is 17.9. The van der Waals surface area contributed by atoms with Crippen LogP contribution >= 0.6 is 0 Å². The van der Waals surface area contributed by atoms with Gasteiger partial charge in [0.25, 0.3) is 0 Å². The number of hydrogen-bond acceptors (Lipinski definition) is 5. The molecule has 0 spiro atoms. The molecule has 94 valence electrons. The zero-order valence-electron chi connectivity index (χ0n) is 10.2. The third kappa shape index (κ3) is 2.65. The van der Waals surface area contributed by atoms with Crippen molar-refractivity contribution in [2.45, 2.75) is 6.54 Å². The van der Waals surface area contributed by atoms with Gasteiger partial charge in [-0.25, -0.2) is 9.78 Å². The van der Waals surface area contributed by atoms with E-state index in [1.165, 1.54) is 7.11 Å². The molecule has 1 aliphatic rings. The highest BCUT2D eigenvalue weighted by Crippen LogP contribution is 2.08. The van der Waals surface area contributed by atoms with Crippen molar-refractivity contribution in [1.82, 2.24) is 14.5 Å². The van der Waals surface area contributed by atoms with E-state index < -0.39 is 0 Å². The molecule has 0 saturated carbocycles. The Morgan fingerprint density at radius 3 is 2.88 bits per heavy atom. The fourth-order valence-electron chi connectivity index (χ4n) is 1.85. The lowest BCUT2D eigenvalue weighted by atomic mass is 10.4. The Morgan fingerprint density at radius 1 is 1.53 bits per heavy atom. The van der Waals surface area contributed by atoms with Gasteiger partial charge in [0.15, 0.2) is 0 Å². The zero-order valence-corrected chi connectivity index (χ0v) is 10.2. The molecule has 6 nitrogen and oxygen atoms in total. The number of carbonyl (C=O) groups excluding carboxylic acids is 1. The van der Waals surface area contributed by atoms with E-state index in [4.69, 9.17) is 4.74 Å². The van der Waals surface area contributed by atoms with E-state index in [0.717, 1.165) is 38.7 Å². The molecule has 2 heterocycles. The predicted molar refractivity (Wildman–Crippen MR) is 60.6 cm³/mol. The van der Waals surface area contributed by atoms with E-state index in [2.05, 4.69) is 14.6 Å². The van der Waals surface area contributed by atoms with Crippen LogP contribution in [-0.4, -0.2) is 53.8 Å². The van der Waals surface area contributed by atoms with Gasteiger partial charge in [-0.05, 0) is 0 Å². The first-order valence-corrected chi connectivity index (χ1v) is 5.61. The van der Waals surface area contributed by atoms with Crippen molar-refractivity contribution in [3.63, 3.8) is 0 Å². The van der Waals surface area contributed by atoms with Crippen molar-refractivity contribution in [3.8, 4) is 0 Å². The molecule has 0 amide bonds. The Bertz CT molecular complexity index is 397. The van der Waals surface area contributed by atoms with Gasteiger partial charge in [0.1, 0.15) is 11.5 Å². The molecule has 1 aromatic heterocycles. The molecule has 0 unspecified atom stereocenters. The van der Waals surface area contributed by atoms with E-state index in [9.17, 15) is 4.79 Å². The molecule has 0 bridgehead atoms. The summed E-state index contributed by atoms with van der Waals surface area (Å²) in [5.41, 5.74) is 0.482. The largest absolute Gasteiger partial charge is 0.464 e. The highest BCUT2D eigenvalue weighted by atomic mass is 16.5. The minimum absolute atomic E-state index is 0.353. The standard InChI is InChI=1S/C11H17N3O3/c1-13-9(11(15)16-2)7-12-10(13)8-14-3-5-17-6-4-14/h7H,3-6,8H2,1-2H3. The van der Waals surface area contributed by atoms with Crippen LogP contribution in [0.15, 0.2) is 6.20 Å². The van der Waals surface area contributed by atoms with E-state index in [1.54, 1.807) is 10.8 Å². The lowest BCUT2D eigenvalue weighted by Gasteiger charge is -2.26. The fraction of sp³-hybridized carbons (Fsp3) is 0.636. The molecule has 2 rings (SSSR count). The average molecular weight is 239 g/mol. The number of morpholine rings is 1. The van der Waals surface area contributed by atoms with E-state index in [-0.39, 0.29) is 5.97 Å². The Kier molecular flexibility index (Phi) is 3.75. The maximum atomic E-state index is 11.4. The van der Waals surface area contributed by atoms with Crippen molar-refractivity contribution in [2.24, 2.45) is 7.05 Å². The van der Waals surface area contributed by atoms with Crippen molar-refractivity contribution in [1.29, 1.82) is 0 Å². The van der Waals surface area contributed by atoms with E-state index in [0.29, 0.717) is 5.69 Å². The molecule has 0 aliphatic carbocycles. The molecule has 0 N–H and O–H groups in total. The van der Waals surface area contributed by atoms with E-state index >= 15 is 0 Å². The van der Waals surface area contributed by atoms with Crippen LogP contribution < -0.4 is 0 Å². The zero-order chi connectivity index (χ0) is 12.3. The highest BCUT2D eigenvalue weighted by molar-refractivity contribution is 5.87. The molecule has 1 aromatic rings. The van der Waals surface area contributed by atoms with Crippen molar-refractivity contribution in [3.05, 3.63) is 17.7 Å². The van der Waals surface area contributed by atoms with Crippen LogP contribution in [0.25, 0.3) is 0 Å². The van der Waals surface area contributed by atoms with Crippen LogP contribution in [0.4, 0.5) is 0 Å². The second kappa shape index (κ2) is 5.29. The summed E-state index contributed by atoms with van der Waals surface area (Å²) in [6, 6.07) is 0. The Morgan fingerprint density at radius 2 is 2.24 bits per heavy atom. The number of ether oxygens (including phenoxy) is 2. The van der Waals surface area contributed by atoms with Gasteiger partial charge < -0.3 is 14.0 Å². The summed E-state index contributed by atoms with van der Waals surface area (Å²) >= 11 is 0. The number of nitrogens with zero attached hydrogens (tertiary/aromatic N) is 3. The molecule has 0 aromatic carbocycles. The second-order valence-electron chi connectivity index (χ2n) is 4.00. The minimum Gasteiger partial charge on any atom is -0.464 e. The number of esters is 1. The molecular formula is C11H17N3O3. The van der Waals surface area contributed by atoms with Gasteiger partial charge in [0.05, 0.1) is 33.1 Å². The molecule has 1 fully saturated rings. The van der Waals surface area contributed by atoms with Crippen LogP contribution in [0.1, 0.15) is 16.3 Å². The number of methoxy groups -OCH3 is 1. The summed E-state index contributed by atoms with van der Waals surface area (Å²) in [6.07, 6.45) is 1.56. The summed E-state index contributed by atoms with van der Waals surface area (Å²) in [7, 11) is 3.20. The quantitative estimate of drug-likeness (QED) is 0.697. The first kappa shape index (κ1) is 12.1. The maximum Gasteiger partial charge on any atom is 0.356 e. The number of imidazole rings is 1. The van der Waals surface area contributed by atoms with Gasteiger partial charge in [-0.2, -0.15) is 0 Å². The number of aromatic nitrogens is 2. The van der Waals surface area contributed by atoms with Crippen LogP contribution in [0.5, 0.6) is 0 Å². The summed E-state index contributed by atoms with van der Waals surface area (Å²) < 4.78 is 11.8. The molecular weight excluding hydrogens is 222 g/mol. The van der Waals surface area contributed by atoms with Gasteiger partial charge >= 0.3 is 5.97 Å². The third-order valence-electron chi connectivity index (χ3n) is 2.95. The van der Waals surface area contributed by atoms with Gasteiger partial charge in [0.2, 0.25) is 0 Å². The Hall–Kier alpha value is -1.40. The normalized spacial score (nSPS) is 17.1. The molecule has 0 radical (unpaired) electrons. The van der Waals surface area contributed by atoms with Gasteiger partial charge in [-0.15, -0.1) is 0 Å². The van der Waals surface area contributed by atoms with Crippen LogP contribution in [0, 0.1) is 0 Å². The fourth-order valence-corrected chi connectivity index (χ4v) is 1.85. The molecule has 17 heavy (non-hydrogen) atoms. The topological polar surface area (TPSA) is 56.6 Å². The van der Waals surface area contributed by atoms with Crippen molar-refractivity contribution in [2.75, 3.05) is 33.4 Å².